The second-order valence-electron chi connectivity index (χ2n) is 2.15. The van der Waals surface area contributed by atoms with Gasteiger partial charge in [0.05, 0.1) is 5.03 Å². The summed E-state index contributed by atoms with van der Waals surface area (Å²) in [5.74, 6) is 0.257. The topological polar surface area (TPSA) is 0 Å². The van der Waals surface area contributed by atoms with Crippen molar-refractivity contribution >= 4 is 44.6 Å². The molecule has 0 amide bonds. The molecule has 1 aliphatic carbocycles. The zero-order valence-electron chi connectivity index (χ0n) is 5.40. The van der Waals surface area contributed by atoms with Crippen LogP contribution in [0, 0.1) is 5.92 Å². The van der Waals surface area contributed by atoms with Crippen molar-refractivity contribution in [2.75, 3.05) is 0 Å². The Morgan fingerprint density at radius 3 is 2.70 bits per heavy atom. The van der Waals surface area contributed by atoms with E-state index in [9.17, 15) is 0 Å². The molecule has 0 spiro atoms. The molecule has 3 heteroatoms. The van der Waals surface area contributed by atoms with E-state index in [2.05, 4.69) is 15.9 Å². The van der Waals surface area contributed by atoms with Crippen LogP contribution >= 0.6 is 39.7 Å². The fraction of sp³-hybridized carbons (Fsp3) is 0.286. The third kappa shape index (κ3) is 1.49. The first-order valence-corrected chi connectivity index (χ1v) is 4.48. The molecule has 1 unspecified atom stereocenters. The molecule has 0 aromatic rings. The van der Waals surface area contributed by atoms with Gasteiger partial charge in [0, 0.05) is 15.3 Å². The van der Waals surface area contributed by atoms with Crippen LogP contribution in [0.25, 0.3) is 0 Å². The van der Waals surface area contributed by atoms with Gasteiger partial charge >= 0.3 is 0 Å². The highest BCUT2D eigenvalue weighted by atomic mass is 79.9. The van der Waals surface area contributed by atoms with Gasteiger partial charge in [0.1, 0.15) is 0 Å². The molecular weight excluding hydrogens is 232 g/mol. The quantitative estimate of drug-likeness (QED) is 0.582. The normalized spacial score (nSPS) is 25.9. The summed E-state index contributed by atoms with van der Waals surface area (Å²) in [5.41, 5.74) is 0. The van der Waals surface area contributed by atoms with Crippen molar-refractivity contribution in [3.8, 4) is 0 Å². The summed E-state index contributed by atoms with van der Waals surface area (Å²) in [6.45, 7) is 2.03. The Hall–Kier alpha value is 0.340. The smallest absolute Gasteiger partial charge is 0.0552 e. The maximum atomic E-state index is 5.78. The summed E-state index contributed by atoms with van der Waals surface area (Å²) in [7, 11) is 0. The van der Waals surface area contributed by atoms with Gasteiger partial charge in [0.25, 0.3) is 0 Å². The predicted octanol–water partition coefficient (Wildman–Crippen LogP) is 3.41. The predicted molar refractivity (Wildman–Crippen MR) is 52.7 cm³/mol. The highest BCUT2D eigenvalue weighted by Crippen LogP contribution is 2.28. The second kappa shape index (κ2) is 3.16. The first-order valence-electron chi connectivity index (χ1n) is 2.90. The Morgan fingerprint density at radius 1 is 1.60 bits per heavy atom. The van der Waals surface area contributed by atoms with Crippen molar-refractivity contribution in [2.24, 2.45) is 5.92 Å². The first-order chi connectivity index (χ1) is 4.63. The highest BCUT2D eigenvalue weighted by molar-refractivity contribution is 9.11. The van der Waals surface area contributed by atoms with Crippen LogP contribution in [0.15, 0.2) is 21.7 Å². The Labute approximate surface area is 79.1 Å². The molecule has 0 N–H and O–H groups in total. The van der Waals surface area contributed by atoms with Crippen molar-refractivity contribution in [3.63, 3.8) is 0 Å². The van der Waals surface area contributed by atoms with Crippen molar-refractivity contribution in [1.82, 2.24) is 0 Å². The third-order valence-electron chi connectivity index (χ3n) is 1.43. The first kappa shape index (κ1) is 8.44. The maximum absolute atomic E-state index is 5.78. The van der Waals surface area contributed by atoms with Crippen molar-refractivity contribution in [2.45, 2.75) is 6.92 Å². The fourth-order valence-corrected chi connectivity index (χ4v) is 1.65. The minimum atomic E-state index is 0.257. The molecule has 0 saturated heterocycles. The molecule has 0 radical (unpaired) electrons. The van der Waals surface area contributed by atoms with E-state index in [1.165, 1.54) is 0 Å². The molecule has 0 aliphatic heterocycles. The molecule has 0 aromatic carbocycles. The fourth-order valence-electron chi connectivity index (χ4n) is 0.711. The van der Waals surface area contributed by atoms with Crippen LogP contribution in [0.3, 0.4) is 0 Å². The lowest BCUT2D eigenvalue weighted by Crippen LogP contribution is -2.11. The summed E-state index contributed by atoms with van der Waals surface area (Å²) >= 11 is 14.2. The van der Waals surface area contributed by atoms with Gasteiger partial charge in [0.2, 0.25) is 0 Å². The molecule has 1 rings (SSSR count). The van der Waals surface area contributed by atoms with Gasteiger partial charge < -0.3 is 0 Å². The summed E-state index contributed by atoms with van der Waals surface area (Å²) < 4.78 is 1.10. The minimum Gasteiger partial charge on any atom is -0.0831 e. The van der Waals surface area contributed by atoms with Gasteiger partial charge in [0.15, 0.2) is 0 Å². The van der Waals surface area contributed by atoms with Gasteiger partial charge in [-0.3, -0.25) is 0 Å². The molecular formula is C7H6BrClS. The minimum absolute atomic E-state index is 0.257. The lowest BCUT2D eigenvalue weighted by Gasteiger charge is -2.14. The van der Waals surface area contributed by atoms with E-state index in [-0.39, 0.29) is 5.92 Å². The molecule has 54 valence electrons. The summed E-state index contributed by atoms with van der Waals surface area (Å²) in [4.78, 5) is 0.816. The molecule has 0 bridgehead atoms. The highest BCUT2D eigenvalue weighted by Gasteiger charge is 2.17. The van der Waals surface area contributed by atoms with Crippen molar-refractivity contribution in [3.05, 3.63) is 21.7 Å². The number of hydrogen-bond acceptors (Lipinski definition) is 1. The van der Waals surface area contributed by atoms with E-state index in [1.54, 1.807) is 0 Å². The number of hydrogen-bond donors (Lipinski definition) is 0. The van der Waals surface area contributed by atoms with Crippen LogP contribution in [-0.2, 0) is 0 Å². The van der Waals surface area contributed by atoms with E-state index in [0.717, 1.165) is 9.35 Å². The van der Waals surface area contributed by atoms with Crippen molar-refractivity contribution in [1.29, 1.82) is 0 Å². The Kier molecular flexibility index (Phi) is 2.67. The Balaban J connectivity index is 2.97. The van der Waals surface area contributed by atoms with Gasteiger partial charge in [-0.25, -0.2) is 0 Å². The van der Waals surface area contributed by atoms with Crippen LogP contribution in [0.2, 0.25) is 0 Å². The van der Waals surface area contributed by atoms with Crippen LogP contribution in [0.5, 0.6) is 0 Å². The number of halogens is 2. The van der Waals surface area contributed by atoms with Gasteiger partial charge in [-0.15, -0.1) is 0 Å². The van der Waals surface area contributed by atoms with Crippen LogP contribution in [0.1, 0.15) is 6.92 Å². The second-order valence-corrected chi connectivity index (χ2v) is 3.91. The largest absolute Gasteiger partial charge is 0.0831 e. The van der Waals surface area contributed by atoms with E-state index in [4.69, 9.17) is 23.8 Å². The number of allylic oxidation sites excluding steroid dienone is 4. The van der Waals surface area contributed by atoms with Crippen molar-refractivity contribution < 1.29 is 0 Å². The van der Waals surface area contributed by atoms with Gasteiger partial charge in [-0.1, -0.05) is 46.7 Å². The maximum Gasteiger partial charge on any atom is 0.0552 e. The zero-order valence-corrected chi connectivity index (χ0v) is 8.55. The number of rotatable bonds is 0. The summed E-state index contributed by atoms with van der Waals surface area (Å²) in [5, 5.41) is 0.686. The van der Waals surface area contributed by atoms with Gasteiger partial charge in [-0.2, -0.15) is 0 Å². The average Bonchev–Trinajstić information content (AvgIpc) is 1.93. The van der Waals surface area contributed by atoms with Crippen LogP contribution < -0.4 is 0 Å². The molecule has 1 aliphatic rings. The molecule has 0 nitrogen and oxygen atoms in total. The molecule has 1 atom stereocenters. The molecule has 0 fully saturated rings. The van der Waals surface area contributed by atoms with Crippen LogP contribution in [0.4, 0.5) is 0 Å². The van der Waals surface area contributed by atoms with Crippen LogP contribution in [-0.4, -0.2) is 4.86 Å². The Bertz CT molecular complexity index is 228. The van der Waals surface area contributed by atoms with Gasteiger partial charge in [-0.05, 0) is 12.2 Å². The standard InChI is InChI=1S/C7H6BrClS/c1-4-5(8)2-3-6(9)7(4)10/h2-4H,1H3. The molecule has 10 heavy (non-hydrogen) atoms. The van der Waals surface area contributed by atoms with E-state index in [1.807, 2.05) is 19.1 Å². The lowest BCUT2D eigenvalue weighted by molar-refractivity contribution is 1.00. The average molecular weight is 238 g/mol. The summed E-state index contributed by atoms with van der Waals surface area (Å²) in [6, 6.07) is 0. The molecule has 0 aromatic heterocycles. The van der Waals surface area contributed by atoms with E-state index >= 15 is 0 Å². The summed E-state index contributed by atoms with van der Waals surface area (Å²) in [6.07, 6.45) is 3.75. The zero-order chi connectivity index (χ0) is 7.72. The molecule has 0 heterocycles. The van der Waals surface area contributed by atoms with E-state index < -0.39 is 0 Å². The molecule has 0 saturated carbocycles. The number of thiocarbonyl (C=S) groups is 1. The third-order valence-corrected chi connectivity index (χ3v) is 3.40. The Morgan fingerprint density at radius 2 is 2.20 bits per heavy atom. The lowest BCUT2D eigenvalue weighted by atomic mass is 10.0. The monoisotopic (exact) mass is 236 g/mol. The van der Waals surface area contributed by atoms with E-state index in [0.29, 0.717) is 5.03 Å². The SMILES string of the molecule is CC1C(=S)C(Cl)=CC=C1Br.